The van der Waals surface area contributed by atoms with Gasteiger partial charge in [0.05, 0.1) is 33.1 Å². The summed E-state index contributed by atoms with van der Waals surface area (Å²) in [5.41, 5.74) is -1.10. The van der Waals surface area contributed by atoms with E-state index in [-0.39, 0.29) is 31.7 Å². The van der Waals surface area contributed by atoms with E-state index in [2.05, 4.69) is 0 Å². The Bertz CT molecular complexity index is 1160. The van der Waals surface area contributed by atoms with Gasteiger partial charge in [0.15, 0.2) is 5.78 Å². The molecule has 14 heteroatoms. The fourth-order valence-corrected chi connectivity index (χ4v) is 3.78. The molecule has 0 radical (unpaired) electrons. The van der Waals surface area contributed by atoms with Gasteiger partial charge in [-0.1, -0.05) is 52.5 Å². The monoisotopic (exact) mass is 597 g/mol. The van der Waals surface area contributed by atoms with Gasteiger partial charge < -0.3 is 5.32 Å². The first-order chi connectivity index (χ1) is 16.5. The normalized spacial score (nSPS) is 13.5. The lowest BCUT2D eigenvalue weighted by Crippen LogP contribution is -2.30. The number of carbonyl (C=O) groups is 2. The second-order valence-electron chi connectivity index (χ2n) is 7.34. The van der Waals surface area contributed by atoms with Crippen LogP contribution < -0.4 is 5.32 Å². The Morgan fingerprint density at radius 1 is 0.917 bits per heavy atom. The van der Waals surface area contributed by atoms with Crippen LogP contribution in [0.4, 0.5) is 30.7 Å². The van der Waals surface area contributed by atoms with Gasteiger partial charge in [-0.15, -0.1) is 0 Å². The number of Topliss-reactive ketones (excluding diaryl/α,β-unsaturated/α-hetero) is 1. The highest BCUT2D eigenvalue weighted by Crippen LogP contribution is 2.42. The number of halogens is 11. The Morgan fingerprint density at radius 2 is 1.50 bits per heavy atom. The van der Waals surface area contributed by atoms with E-state index in [4.69, 9.17) is 46.4 Å². The number of hydrogen-bond donors (Lipinski definition) is 1. The number of ketones is 1. The largest absolute Gasteiger partial charge is 0.399 e. The van der Waals surface area contributed by atoms with E-state index in [1.807, 2.05) is 5.32 Å². The summed E-state index contributed by atoms with van der Waals surface area (Å²) in [5, 5.41) is 0.948. The Balaban J connectivity index is 2.23. The molecule has 2 aromatic carbocycles. The van der Waals surface area contributed by atoms with Crippen molar-refractivity contribution in [1.82, 2.24) is 5.32 Å². The Hall–Kier alpha value is -2.01. The molecule has 0 spiro atoms. The minimum absolute atomic E-state index is 0.170. The zero-order valence-corrected chi connectivity index (χ0v) is 20.7. The molecule has 2 rings (SSSR count). The maximum Gasteiger partial charge on any atom is 0.399 e. The van der Waals surface area contributed by atoms with Crippen LogP contribution in [0.1, 0.15) is 40.2 Å². The lowest BCUT2D eigenvalue weighted by Gasteiger charge is -2.19. The van der Waals surface area contributed by atoms with Gasteiger partial charge in [0, 0.05) is 17.5 Å². The third-order valence-electron chi connectivity index (χ3n) is 4.66. The SMILES string of the molecule is O=C(CCC(F)(F)F)NCC(=O)c1ccc(/C(F)=C/C(c2cc(Cl)c(Cl)c(Cl)c2)C(F)(F)F)cc1Cl. The first-order valence-corrected chi connectivity index (χ1v) is 11.3. The number of amides is 1. The van der Waals surface area contributed by atoms with Gasteiger partial charge in [0.1, 0.15) is 11.7 Å². The van der Waals surface area contributed by atoms with Gasteiger partial charge >= 0.3 is 12.4 Å². The molecule has 0 aliphatic heterocycles. The Kier molecular flexibility index (Phi) is 10.1. The standard InChI is InChI=1S/C22H14Cl4F7NO2/c23-14-5-10(1-2-12(14)18(35)9-34-19(36)3-4-21(28,29)30)17(27)8-13(22(31,32)33)11-6-15(24)20(26)16(25)7-11/h1-2,5-8,13H,3-4,9H2,(H,34,36)/b17-8-. The Morgan fingerprint density at radius 3 is 2.00 bits per heavy atom. The van der Waals surface area contributed by atoms with Crippen molar-refractivity contribution in [2.75, 3.05) is 6.54 Å². The van der Waals surface area contributed by atoms with Crippen molar-refractivity contribution in [2.45, 2.75) is 31.1 Å². The second-order valence-corrected chi connectivity index (χ2v) is 8.94. The first-order valence-electron chi connectivity index (χ1n) is 9.74. The van der Waals surface area contributed by atoms with Gasteiger partial charge in [-0.25, -0.2) is 4.39 Å². The second kappa shape index (κ2) is 12.0. The molecule has 0 aliphatic rings. The quantitative estimate of drug-likeness (QED) is 0.188. The molecule has 1 N–H and O–H groups in total. The summed E-state index contributed by atoms with van der Waals surface area (Å²) in [7, 11) is 0. The van der Waals surface area contributed by atoms with E-state index in [1.165, 1.54) is 0 Å². The molecular weight excluding hydrogens is 585 g/mol. The van der Waals surface area contributed by atoms with E-state index in [9.17, 15) is 40.3 Å². The van der Waals surface area contributed by atoms with Crippen LogP contribution in [0.5, 0.6) is 0 Å². The van der Waals surface area contributed by atoms with Gasteiger partial charge in [0.2, 0.25) is 5.91 Å². The van der Waals surface area contributed by atoms with Crippen LogP contribution >= 0.6 is 46.4 Å². The van der Waals surface area contributed by atoms with Crippen molar-refractivity contribution < 1.29 is 40.3 Å². The molecule has 0 fully saturated rings. The highest BCUT2D eigenvalue weighted by molar-refractivity contribution is 6.48. The van der Waals surface area contributed by atoms with Gasteiger partial charge in [0.25, 0.3) is 0 Å². The summed E-state index contributed by atoms with van der Waals surface area (Å²) >= 11 is 23.3. The summed E-state index contributed by atoms with van der Waals surface area (Å²) in [4.78, 5) is 23.7. The fourth-order valence-electron chi connectivity index (χ4n) is 2.88. The van der Waals surface area contributed by atoms with Crippen molar-refractivity contribution >= 4 is 63.9 Å². The summed E-state index contributed by atoms with van der Waals surface area (Å²) in [6.07, 6.45) is -11.5. The fraction of sp³-hybridized carbons (Fsp3) is 0.273. The van der Waals surface area contributed by atoms with E-state index < -0.39 is 66.3 Å². The molecule has 1 unspecified atom stereocenters. The van der Waals surface area contributed by atoms with Crippen molar-refractivity contribution in [3.63, 3.8) is 0 Å². The van der Waals surface area contributed by atoms with Crippen molar-refractivity contribution in [2.24, 2.45) is 0 Å². The van der Waals surface area contributed by atoms with Crippen LogP contribution in [0.25, 0.3) is 5.83 Å². The molecule has 0 aliphatic carbocycles. The molecule has 0 aromatic heterocycles. The first kappa shape index (κ1) is 30.2. The van der Waals surface area contributed by atoms with Crippen LogP contribution in [0, 0.1) is 0 Å². The number of rotatable bonds is 8. The van der Waals surface area contributed by atoms with Crippen LogP contribution in [-0.2, 0) is 4.79 Å². The maximum absolute atomic E-state index is 14.8. The molecule has 0 bridgehead atoms. The third kappa shape index (κ3) is 8.54. The zero-order chi connectivity index (χ0) is 27.4. The van der Waals surface area contributed by atoms with Crippen molar-refractivity contribution in [3.05, 3.63) is 73.2 Å². The number of carbonyl (C=O) groups excluding carboxylic acids is 2. The number of benzene rings is 2. The smallest absolute Gasteiger partial charge is 0.349 e. The minimum Gasteiger partial charge on any atom is -0.349 e. The number of allylic oxidation sites excluding steroid dienone is 1. The predicted octanol–water partition coefficient (Wildman–Crippen LogP) is 8.60. The molecule has 1 atom stereocenters. The van der Waals surface area contributed by atoms with Gasteiger partial charge in [-0.2, -0.15) is 26.3 Å². The van der Waals surface area contributed by atoms with Crippen LogP contribution in [0.3, 0.4) is 0 Å². The van der Waals surface area contributed by atoms with Crippen LogP contribution in [0.2, 0.25) is 20.1 Å². The number of hydrogen-bond acceptors (Lipinski definition) is 2. The molecule has 0 saturated heterocycles. The average molecular weight is 599 g/mol. The van der Waals surface area contributed by atoms with E-state index in [0.717, 1.165) is 30.3 Å². The molecule has 2 aromatic rings. The van der Waals surface area contributed by atoms with E-state index in [0.29, 0.717) is 0 Å². The Labute approximate surface area is 220 Å². The van der Waals surface area contributed by atoms with Crippen LogP contribution in [0.15, 0.2) is 36.4 Å². The molecule has 3 nitrogen and oxygen atoms in total. The van der Waals surface area contributed by atoms with Crippen LogP contribution in [-0.4, -0.2) is 30.6 Å². The molecular formula is C22H14Cl4F7NO2. The molecule has 0 saturated carbocycles. The summed E-state index contributed by atoms with van der Waals surface area (Å²) in [6.45, 7) is -0.692. The van der Waals surface area contributed by atoms with Gasteiger partial charge in [-0.05, 0) is 35.9 Å². The summed E-state index contributed by atoms with van der Waals surface area (Å²) in [5.74, 6) is -5.63. The highest BCUT2D eigenvalue weighted by atomic mass is 35.5. The minimum atomic E-state index is -4.94. The molecule has 196 valence electrons. The lowest BCUT2D eigenvalue weighted by atomic mass is 9.96. The molecule has 1 amide bonds. The predicted molar refractivity (Wildman–Crippen MR) is 123 cm³/mol. The van der Waals surface area contributed by atoms with Crippen molar-refractivity contribution in [1.29, 1.82) is 0 Å². The zero-order valence-electron chi connectivity index (χ0n) is 17.6. The highest BCUT2D eigenvalue weighted by Gasteiger charge is 2.40. The summed E-state index contributed by atoms with van der Waals surface area (Å²) in [6, 6.07) is 4.67. The van der Waals surface area contributed by atoms with E-state index in [1.54, 1.807) is 0 Å². The van der Waals surface area contributed by atoms with Crippen molar-refractivity contribution in [3.8, 4) is 0 Å². The number of alkyl halides is 6. The molecule has 36 heavy (non-hydrogen) atoms. The maximum atomic E-state index is 14.8. The average Bonchev–Trinajstić information content (AvgIpc) is 2.76. The molecule has 0 heterocycles. The number of nitrogens with one attached hydrogen (secondary N) is 1. The van der Waals surface area contributed by atoms with Gasteiger partial charge in [-0.3, -0.25) is 9.59 Å². The third-order valence-corrected chi connectivity index (χ3v) is 6.17. The lowest BCUT2D eigenvalue weighted by molar-refractivity contribution is -0.144. The van der Waals surface area contributed by atoms with E-state index >= 15 is 0 Å². The topological polar surface area (TPSA) is 46.2 Å². The summed E-state index contributed by atoms with van der Waals surface area (Å²) < 4.78 is 92.3.